The molecule has 9 heteroatoms. The summed E-state index contributed by atoms with van der Waals surface area (Å²) in [6.07, 6.45) is 6.87. The fraction of sp³-hybridized carbons (Fsp3) is 0.348. The van der Waals surface area contributed by atoms with Crippen molar-refractivity contribution in [2.45, 2.75) is 44.4 Å². The van der Waals surface area contributed by atoms with E-state index in [-0.39, 0.29) is 10.8 Å². The third-order valence-electron chi connectivity index (χ3n) is 4.98. The Morgan fingerprint density at radius 2 is 1.62 bits per heavy atom. The molecule has 170 valence electrons. The van der Waals surface area contributed by atoms with Crippen LogP contribution in [0.3, 0.4) is 0 Å². The Morgan fingerprint density at radius 1 is 1.00 bits per heavy atom. The van der Waals surface area contributed by atoms with E-state index in [0.717, 1.165) is 36.9 Å². The van der Waals surface area contributed by atoms with Gasteiger partial charge in [-0.05, 0) is 49.2 Å². The number of hydrogen-bond donors (Lipinski definition) is 1. The van der Waals surface area contributed by atoms with Gasteiger partial charge in [-0.25, -0.2) is 13.4 Å². The minimum Gasteiger partial charge on any atom is -0.298 e. The van der Waals surface area contributed by atoms with Crippen LogP contribution in [-0.4, -0.2) is 41.7 Å². The summed E-state index contributed by atoms with van der Waals surface area (Å²) in [5, 5.41) is 5.12. The van der Waals surface area contributed by atoms with Gasteiger partial charge in [0.25, 0.3) is 5.91 Å². The van der Waals surface area contributed by atoms with E-state index in [2.05, 4.69) is 15.3 Å². The highest BCUT2D eigenvalue weighted by molar-refractivity contribution is 7.89. The molecule has 1 aromatic carbocycles. The molecule has 2 aromatic heterocycles. The second kappa shape index (κ2) is 11.3. The first-order chi connectivity index (χ1) is 15.5. The van der Waals surface area contributed by atoms with Crippen molar-refractivity contribution in [1.82, 2.24) is 14.3 Å². The molecule has 0 atom stereocenters. The van der Waals surface area contributed by atoms with Crippen LogP contribution in [0.4, 0.5) is 5.13 Å². The van der Waals surface area contributed by atoms with Gasteiger partial charge in [-0.2, -0.15) is 4.31 Å². The topological polar surface area (TPSA) is 92.3 Å². The van der Waals surface area contributed by atoms with E-state index >= 15 is 0 Å². The van der Waals surface area contributed by atoms with E-state index in [1.807, 2.05) is 31.4 Å². The first-order valence-electron chi connectivity index (χ1n) is 10.7. The highest BCUT2D eigenvalue weighted by Gasteiger charge is 2.23. The molecule has 3 rings (SSSR count). The Labute approximate surface area is 193 Å². The number of nitrogens with zero attached hydrogens (tertiary/aromatic N) is 3. The summed E-state index contributed by atoms with van der Waals surface area (Å²) in [5.74, 6) is -0.335. The fourth-order valence-electron chi connectivity index (χ4n) is 3.10. The van der Waals surface area contributed by atoms with Gasteiger partial charge in [-0.15, -0.1) is 11.3 Å². The predicted molar refractivity (Wildman–Crippen MR) is 128 cm³/mol. The van der Waals surface area contributed by atoms with Gasteiger partial charge in [0.1, 0.15) is 0 Å². The second-order valence-electron chi connectivity index (χ2n) is 7.36. The molecule has 0 bridgehead atoms. The number of anilines is 1. The van der Waals surface area contributed by atoms with Crippen LogP contribution in [0.2, 0.25) is 0 Å². The van der Waals surface area contributed by atoms with Gasteiger partial charge in [0.15, 0.2) is 5.13 Å². The summed E-state index contributed by atoms with van der Waals surface area (Å²) < 4.78 is 27.7. The summed E-state index contributed by atoms with van der Waals surface area (Å²) in [7, 11) is -3.59. The van der Waals surface area contributed by atoms with Crippen LogP contribution in [-0.2, 0) is 10.0 Å². The van der Waals surface area contributed by atoms with Crippen LogP contribution in [0, 0.1) is 0 Å². The number of hydrogen-bond acceptors (Lipinski definition) is 6. The van der Waals surface area contributed by atoms with Crippen LogP contribution in [0.5, 0.6) is 0 Å². The fourth-order valence-corrected chi connectivity index (χ4v) is 5.34. The summed E-state index contributed by atoms with van der Waals surface area (Å²) in [5.41, 5.74) is 2.05. The highest BCUT2D eigenvalue weighted by atomic mass is 32.2. The number of pyridine rings is 1. The number of unbranched alkanes of at least 4 members (excludes halogenated alkanes) is 2. The first-order valence-corrected chi connectivity index (χ1v) is 13.0. The van der Waals surface area contributed by atoms with Gasteiger partial charge in [0, 0.05) is 42.0 Å². The first kappa shape index (κ1) is 24.0. The molecule has 0 aliphatic heterocycles. The molecule has 0 spiro atoms. The largest absolute Gasteiger partial charge is 0.298 e. The molecular formula is C23H28N4O3S2. The van der Waals surface area contributed by atoms with Crippen molar-refractivity contribution in [3.63, 3.8) is 0 Å². The number of carbonyl (C=O) groups excluding carboxylic acids is 1. The molecule has 0 fully saturated rings. The van der Waals surface area contributed by atoms with Crippen LogP contribution >= 0.6 is 11.3 Å². The maximum Gasteiger partial charge on any atom is 0.257 e. The molecule has 0 saturated heterocycles. The van der Waals surface area contributed by atoms with Crippen molar-refractivity contribution in [1.29, 1.82) is 0 Å². The Bertz CT molecular complexity index is 1110. The molecule has 32 heavy (non-hydrogen) atoms. The number of benzene rings is 1. The number of carbonyl (C=O) groups is 1. The van der Waals surface area contributed by atoms with Gasteiger partial charge in [0.05, 0.1) is 10.6 Å². The lowest BCUT2D eigenvalue weighted by Crippen LogP contribution is -2.33. The van der Waals surface area contributed by atoms with Gasteiger partial charge in [-0.3, -0.25) is 15.1 Å². The van der Waals surface area contributed by atoms with E-state index < -0.39 is 10.0 Å². The Balaban J connectivity index is 1.70. The van der Waals surface area contributed by atoms with Gasteiger partial charge >= 0.3 is 0 Å². The third-order valence-corrected chi connectivity index (χ3v) is 7.65. The molecule has 1 N–H and O–H groups in total. The molecule has 2 heterocycles. The maximum absolute atomic E-state index is 13.1. The predicted octanol–water partition coefficient (Wildman–Crippen LogP) is 5.05. The lowest BCUT2D eigenvalue weighted by molar-refractivity contribution is 0.102. The monoisotopic (exact) mass is 472 g/mol. The average Bonchev–Trinajstić information content (AvgIpc) is 3.28. The van der Waals surface area contributed by atoms with Crippen molar-refractivity contribution in [3.05, 3.63) is 59.7 Å². The minimum atomic E-state index is -3.59. The number of amides is 1. The number of aromatic nitrogens is 2. The molecule has 0 aliphatic carbocycles. The average molecular weight is 473 g/mol. The Hall–Kier alpha value is -2.62. The number of sulfonamides is 1. The zero-order valence-corrected chi connectivity index (χ0v) is 20.0. The summed E-state index contributed by atoms with van der Waals surface area (Å²) in [4.78, 5) is 21.3. The van der Waals surface area contributed by atoms with Crippen LogP contribution in [0.15, 0.2) is 59.1 Å². The quantitative estimate of drug-likeness (QED) is 0.422. The van der Waals surface area contributed by atoms with E-state index in [1.165, 1.54) is 35.6 Å². The van der Waals surface area contributed by atoms with Gasteiger partial charge in [-0.1, -0.05) is 26.7 Å². The van der Waals surface area contributed by atoms with Crippen LogP contribution in [0.25, 0.3) is 11.3 Å². The number of rotatable bonds is 11. The zero-order valence-electron chi connectivity index (χ0n) is 18.3. The number of nitrogens with one attached hydrogen (secondary N) is 1. The highest BCUT2D eigenvalue weighted by Crippen LogP contribution is 2.25. The molecule has 3 aromatic rings. The molecule has 1 amide bonds. The zero-order chi connectivity index (χ0) is 23.0. The van der Waals surface area contributed by atoms with E-state index in [9.17, 15) is 13.2 Å². The van der Waals surface area contributed by atoms with Gasteiger partial charge < -0.3 is 0 Å². The molecule has 7 nitrogen and oxygen atoms in total. The molecule has 0 aliphatic rings. The molecule has 0 radical (unpaired) electrons. The van der Waals surface area contributed by atoms with Crippen molar-refractivity contribution in [2.75, 3.05) is 18.4 Å². The van der Waals surface area contributed by atoms with E-state index in [4.69, 9.17) is 0 Å². The Kier molecular flexibility index (Phi) is 8.49. The van der Waals surface area contributed by atoms with Crippen molar-refractivity contribution in [2.24, 2.45) is 0 Å². The van der Waals surface area contributed by atoms with Crippen molar-refractivity contribution in [3.8, 4) is 11.3 Å². The molecule has 0 saturated carbocycles. The normalized spacial score (nSPS) is 11.6. The number of thiazole rings is 1. The van der Waals surface area contributed by atoms with Crippen LogP contribution < -0.4 is 5.32 Å². The van der Waals surface area contributed by atoms with Crippen molar-refractivity contribution < 1.29 is 13.2 Å². The standard InChI is InChI=1S/C23H28N4O3S2/c1-3-5-15-27(16-6-4-2)32(29,30)20-9-7-19(8-10-20)22(28)26-23-25-21(17-31-23)18-11-13-24-14-12-18/h7-14,17H,3-6,15-16H2,1-2H3,(H,25,26,28). The van der Waals surface area contributed by atoms with Gasteiger partial charge in [0.2, 0.25) is 10.0 Å². The van der Waals surface area contributed by atoms with E-state index in [1.54, 1.807) is 16.7 Å². The lowest BCUT2D eigenvalue weighted by Gasteiger charge is -2.22. The Morgan fingerprint density at radius 3 is 2.22 bits per heavy atom. The summed E-state index contributed by atoms with van der Waals surface area (Å²) in [6.45, 7) is 5.09. The summed E-state index contributed by atoms with van der Waals surface area (Å²) in [6, 6.07) is 9.78. The third kappa shape index (κ3) is 5.99. The maximum atomic E-state index is 13.1. The lowest BCUT2D eigenvalue weighted by atomic mass is 10.2. The second-order valence-corrected chi connectivity index (χ2v) is 10.2. The molecular weight excluding hydrogens is 444 g/mol. The minimum absolute atomic E-state index is 0.204. The SMILES string of the molecule is CCCCN(CCCC)S(=O)(=O)c1ccc(C(=O)Nc2nc(-c3ccncc3)cs2)cc1. The smallest absolute Gasteiger partial charge is 0.257 e. The van der Waals surface area contributed by atoms with Crippen LogP contribution in [0.1, 0.15) is 49.9 Å². The summed E-state index contributed by atoms with van der Waals surface area (Å²) >= 11 is 1.33. The molecule has 0 unspecified atom stereocenters. The van der Waals surface area contributed by atoms with E-state index in [0.29, 0.717) is 23.8 Å². The van der Waals surface area contributed by atoms with Crippen molar-refractivity contribution >= 4 is 32.4 Å².